The SMILES string of the molecule is COC(=O)c1cc(S(=O)(=O)Nc2ccccc2)c(C)n1C. The number of ether oxygens (including phenoxy) is 1. The first-order chi connectivity index (χ1) is 9.86. The van der Waals surface area contributed by atoms with Gasteiger partial charge in [-0.15, -0.1) is 0 Å². The van der Waals surface area contributed by atoms with E-state index in [-0.39, 0.29) is 10.6 Å². The van der Waals surface area contributed by atoms with Crippen LogP contribution in [0.2, 0.25) is 0 Å². The number of carbonyl (C=O) groups is 1. The molecule has 0 fully saturated rings. The van der Waals surface area contributed by atoms with Gasteiger partial charge in [-0.25, -0.2) is 13.2 Å². The lowest BCUT2D eigenvalue weighted by Crippen LogP contribution is -2.13. The molecule has 0 bridgehead atoms. The van der Waals surface area contributed by atoms with Gasteiger partial charge in [-0.1, -0.05) is 18.2 Å². The van der Waals surface area contributed by atoms with Crippen LogP contribution in [0.3, 0.4) is 0 Å². The minimum absolute atomic E-state index is 0.0502. The molecule has 1 aromatic heterocycles. The third-order valence-corrected chi connectivity index (χ3v) is 4.70. The van der Waals surface area contributed by atoms with Gasteiger partial charge in [-0.2, -0.15) is 0 Å². The molecule has 2 aromatic rings. The fourth-order valence-electron chi connectivity index (χ4n) is 1.96. The van der Waals surface area contributed by atoms with E-state index in [0.29, 0.717) is 11.4 Å². The van der Waals surface area contributed by atoms with E-state index in [4.69, 9.17) is 0 Å². The van der Waals surface area contributed by atoms with Crippen molar-refractivity contribution in [1.82, 2.24) is 4.57 Å². The van der Waals surface area contributed by atoms with Crippen LogP contribution in [0.5, 0.6) is 0 Å². The lowest BCUT2D eigenvalue weighted by atomic mass is 10.3. The average Bonchev–Trinajstić information content (AvgIpc) is 2.76. The monoisotopic (exact) mass is 308 g/mol. The molecule has 0 unspecified atom stereocenters. The zero-order valence-corrected chi connectivity index (χ0v) is 12.8. The largest absolute Gasteiger partial charge is 0.464 e. The van der Waals surface area contributed by atoms with Crippen molar-refractivity contribution in [2.75, 3.05) is 11.8 Å². The predicted octanol–water partition coefficient (Wildman–Crippen LogP) is 1.92. The Morgan fingerprint density at radius 2 is 1.86 bits per heavy atom. The highest BCUT2D eigenvalue weighted by atomic mass is 32.2. The molecule has 2 rings (SSSR count). The molecule has 6 nitrogen and oxygen atoms in total. The van der Waals surface area contributed by atoms with Crippen molar-refractivity contribution in [3.63, 3.8) is 0 Å². The molecular weight excluding hydrogens is 292 g/mol. The Labute approximate surface area is 123 Å². The van der Waals surface area contributed by atoms with Crippen LogP contribution in [0.15, 0.2) is 41.3 Å². The first kappa shape index (κ1) is 15.1. The lowest BCUT2D eigenvalue weighted by molar-refractivity contribution is 0.0589. The number of anilines is 1. The number of para-hydroxylation sites is 1. The molecule has 112 valence electrons. The second kappa shape index (κ2) is 5.61. The van der Waals surface area contributed by atoms with Gasteiger partial charge in [0.15, 0.2) is 0 Å². The fourth-order valence-corrected chi connectivity index (χ4v) is 3.31. The van der Waals surface area contributed by atoms with E-state index in [0.717, 1.165) is 0 Å². The summed E-state index contributed by atoms with van der Waals surface area (Å²) in [6.45, 7) is 1.63. The second-order valence-electron chi connectivity index (χ2n) is 4.50. The maximum atomic E-state index is 12.4. The summed E-state index contributed by atoms with van der Waals surface area (Å²) in [5, 5.41) is 0. The molecule has 1 heterocycles. The summed E-state index contributed by atoms with van der Waals surface area (Å²) in [6, 6.07) is 9.87. The van der Waals surface area contributed by atoms with Crippen LogP contribution in [0, 0.1) is 6.92 Å². The van der Waals surface area contributed by atoms with Crippen LogP contribution in [-0.2, 0) is 21.8 Å². The molecule has 0 aliphatic carbocycles. The van der Waals surface area contributed by atoms with E-state index >= 15 is 0 Å². The van der Waals surface area contributed by atoms with Crippen molar-refractivity contribution in [2.45, 2.75) is 11.8 Å². The molecule has 0 spiro atoms. The van der Waals surface area contributed by atoms with Crippen molar-refractivity contribution in [1.29, 1.82) is 0 Å². The van der Waals surface area contributed by atoms with Gasteiger partial charge in [-0.3, -0.25) is 4.72 Å². The first-order valence-corrected chi connectivity index (χ1v) is 7.67. The van der Waals surface area contributed by atoms with Gasteiger partial charge in [0.25, 0.3) is 10.0 Å². The molecule has 0 radical (unpaired) electrons. The molecule has 1 aromatic carbocycles. The van der Waals surface area contributed by atoms with E-state index in [2.05, 4.69) is 9.46 Å². The van der Waals surface area contributed by atoms with Crippen LogP contribution < -0.4 is 4.72 Å². The van der Waals surface area contributed by atoms with Gasteiger partial charge in [-0.05, 0) is 25.1 Å². The first-order valence-electron chi connectivity index (χ1n) is 6.19. The maximum absolute atomic E-state index is 12.4. The summed E-state index contributed by atoms with van der Waals surface area (Å²) >= 11 is 0. The highest BCUT2D eigenvalue weighted by molar-refractivity contribution is 7.92. The third kappa shape index (κ3) is 2.92. The minimum atomic E-state index is -3.77. The number of hydrogen-bond donors (Lipinski definition) is 1. The number of benzene rings is 1. The van der Waals surface area contributed by atoms with Gasteiger partial charge in [0.05, 0.1) is 7.11 Å². The summed E-state index contributed by atoms with van der Waals surface area (Å²) < 4.78 is 33.5. The maximum Gasteiger partial charge on any atom is 0.354 e. The van der Waals surface area contributed by atoms with Crippen LogP contribution in [0.4, 0.5) is 5.69 Å². The highest BCUT2D eigenvalue weighted by Crippen LogP contribution is 2.22. The molecule has 0 atom stereocenters. The lowest BCUT2D eigenvalue weighted by Gasteiger charge is -2.07. The van der Waals surface area contributed by atoms with Crippen molar-refractivity contribution < 1.29 is 17.9 Å². The molecule has 21 heavy (non-hydrogen) atoms. The smallest absolute Gasteiger partial charge is 0.354 e. The Kier molecular flexibility index (Phi) is 4.04. The molecule has 1 N–H and O–H groups in total. The van der Waals surface area contributed by atoms with E-state index in [1.165, 1.54) is 17.7 Å². The summed E-state index contributed by atoms with van der Waals surface area (Å²) in [5.74, 6) is -0.582. The molecule has 0 aliphatic heterocycles. The average molecular weight is 308 g/mol. The standard InChI is InChI=1S/C14H16N2O4S/c1-10-13(9-12(16(10)2)14(17)20-3)21(18,19)15-11-7-5-4-6-8-11/h4-9,15H,1-3H3. The van der Waals surface area contributed by atoms with Gasteiger partial charge < -0.3 is 9.30 Å². The number of rotatable bonds is 4. The Bertz CT molecular complexity index is 764. The third-order valence-electron chi connectivity index (χ3n) is 3.20. The number of nitrogens with zero attached hydrogens (tertiary/aromatic N) is 1. The van der Waals surface area contributed by atoms with Crippen molar-refractivity contribution in [2.24, 2.45) is 7.05 Å². The van der Waals surface area contributed by atoms with Crippen LogP contribution in [0.1, 0.15) is 16.2 Å². The number of nitrogens with one attached hydrogen (secondary N) is 1. The van der Waals surface area contributed by atoms with Crippen molar-refractivity contribution >= 4 is 21.7 Å². The van der Waals surface area contributed by atoms with Crippen LogP contribution in [-0.4, -0.2) is 26.1 Å². The number of methoxy groups -OCH3 is 1. The van der Waals surface area contributed by atoms with Crippen LogP contribution >= 0.6 is 0 Å². The fraction of sp³-hybridized carbons (Fsp3) is 0.214. The van der Waals surface area contributed by atoms with Crippen LogP contribution in [0.25, 0.3) is 0 Å². The normalized spacial score (nSPS) is 11.2. The molecule has 0 aliphatic rings. The summed E-state index contributed by atoms with van der Waals surface area (Å²) in [7, 11) is -0.901. The molecule has 7 heteroatoms. The summed E-state index contributed by atoms with van der Waals surface area (Å²) in [5.41, 5.74) is 1.10. The Morgan fingerprint density at radius 1 is 1.24 bits per heavy atom. The number of esters is 1. The molecule has 0 amide bonds. The number of hydrogen-bond acceptors (Lipinski definition) is 4. The summed E-state index contributed by atoms with van der Waals surface area (Å²) in [6.07, 6.45) is 0. The summed E-state index contributed by atoms with van der Waals surface area (Å²) in [4.78, 5) is 11.7. The van der Waals surface area contributed by atoms with E-state index < -0.39 is 16.0 Å². The zero-order valence-electron chi connectivity index (χ0n) is 12.0. The zero-order chi connectivity index (χ0) is 15.6. The topological polar surface area (TPSA) is 77.4 Å². The molecular formula is C14H16N2O4S. The Morgan fingerprint density at radius 3 is 2.43 bits per heavy atom. The van der Waals surface area contributed by atoms with Gasteiger partial charge in [0.1, 0.15) is 10.6 Å². The Balaban J connectivity index is 2.44. The highest BCUT2D eigenvalue weighted by Gasteiger charge is 2.24. The van der Waals surface area contributed by atoms with Crippen molar-refractivity contribution in [3.05, 3.63) is 47.8 Å². The number of aromatic nitrogens is 1. The van der Waals surface area contributed by atoms with E-state index in [9.17, 15) is 13.2 Å². The van der Waals surface area contributed by atoms with Gasteiger partial charge >= 0.3 is 5.97 Å². The van der Waals surface area contributed by atoms with E-state index in [1.54, 1.807) is 44.3 Å². The van der Waals surface area contributed by atoms with E-state index in [1.807, 2.05) is 0 Å². The molecule has 0 saturated heterocycles. The number of sulfonamides is 1. The quantitative estimate of drug-likeness (QED) is 0.875. The minimum Gasteiger partial charge on any atom is -0.464 e. The number of carbonyl (C=O) groups excluding carboxylic acids is 1. The Hall–Kier alpha value is -2.28. The molecule has 0 saturated carbocycles. The van der Waals surface area contributed by atoms with Gasteiger partial charge in [0.2, 0.25) is 0 Å². The van der Waals surface area contributed by atoms with Crippen molar-refractivity contribution in [3.8, 4) is 0 Å². The predicted molar refractivity (Wildman–Crippen MR) is 78.7 cm³/mol. The second-order valence-corrected chi connectivity index (χ2v) is 6.15. The van der Waals surface area contributed by atoms with Gasteiger partial charge in [0, 0.05) is 18.4 Å².